The van der Waals surface area contributed by atoms with E-state index in [2.05, 4.69) is 10.1 Å². The number of hydrogen-bond acceptors (Lipinski definition) is 4. The molecule has 2 N–H and O–H groups in total. The van der Waals surface area contributed by atoms with Crippen molar-refractivity contribution >= 4 is 23.6 Å². The highest BCUT2D eigenvalue weighted by Crippen LogP contribution is 2.52. The molecule has 2 aromatic carbocycles. The molecule has 3 aliphatic rings. The molecule has 3 atom stereocenters. The molecule has 1 heterocycles. The Labute approximate surface area is 217 Å². The zero-order valence-electron chi connectivity index (χ0n) is 20.5. The molecule has 202 valence electrons. The summed E-state index contributed by atoms with van der Waals surface area (Å²) in [6.07, 6.45) is -0.883. The van der Waals surface area contributed by atoms with E-state index in [1.165, 1.54) is 12.1 Å². The monoisotopic (exact) mass is 531 g/mol. The Kier molecular flexibility index (Phi) is 6.93. The van der Waals surface area contributed by atoms with Crippen LogP contribution in [-0.2, 0) is 4.79 Å². The summed E-state index contributed by atoms with van der Waals surface area (Å²) in [6, 6.07) is 11.6. The van der Waals surface area contributed by atoms with E-state index in [9.17, 15) is 27.6 Å². The number of hydrogen-bond donors (Lipinski definition) is 2. The van der Waals surface area contributed by atoms with Gasteiger partial charge in [0.2, 0.25) is 0 Å². The Balaban J connectivity index is 1.47. The van der Waals surface area contributed by atoms with E-state index in [4.69, 9.17) is 5.11 Å². The lowest BCUT2D eigenvalue weighted by atomic mass is 9.81. The first kappa shape index (κ1) is 25.9. The lowest BCUT2D eigenvalue weighted by Crippen LogP contribution is -2.54. The van der Waals surface area contributed by atoms with Gasteiger partial charge in [0, 0.05) is 35.8 Å². The molecule has 0 bridgehead atoms. The number of alkyl halides is 3. The predicted molar refractivity (Wildman–Crippen MR) is 131 cm³/mol. The number of nitrogens with zero attached hydrogens (tertiary/aromatic N) is 2. The smallest absolute Gasteiger partial charge is 0.481 e. The summed E-state index contributed by atoms with van der Waals surface area (Å²) in [6.45, 7) is 0.0263. The number of halogens is 3. The minimum absolute atomic E-state index is 0.0263. The number of amides is 3. The molecule has 0 radical (unpaired) electrons. The molecule has 2 fully saturated rings. The van der Waals surface area contributed by atoms with Crippen molar-refractivity contribution in [1.29, 1.82) is 0 Å². The number of nitrogens with one attached hydrogen (secondary N) is 1. The number of carbonyl (C=O) groups excluding carboxylic acids is 2. The van der Waals surface area contributed by atoms with E-state index in [1.54, 1.807) is 4.90 Å². The highest BCUT2D eigenvalue weighted by molar-refractivity contribution is 6.07. The number of aliphatic carboxylic acids is 1. The van der Waals surface area contributed by atoms with Crippen LogP contribution in [0.2, 0.25) is 0 Å². The van der Waals surface area contributed by atoms with Gasteiger partial charge in [-0.25, -0.2) is 4.79 Å². The fourth-order valence-electron chi connectivity index (χ4n) is 5.82. The summed E-state index contributed by atoms with van der Waals surface area (Å²) in [4.78, 5) is 41.6. The number of benzene rings is 2. The summed E-state index contributed by atoms with van der Waals surface area (Å²) in [7, 11) is 0. The normalized spacial score (nSPS) is 22.3. The maximum atomic E-state index is 13.8. The second-order valence-electron chi connectivity index (χ2n) is 9.93. The van der Waals surface area contributed by atoms with Gasteiger partial charge in [-0.05, 0) is 61.6 Å². The largest absolute Gasteiger partial charge is 0.573 e. The zero-order chi connectivity index (χ0) is 27.0. The van der Waals surface area contributed by atoms with E-state index in [0.29, 0.717) is 5.69 Å². The van der Waals surface area contributed by atoms with Crippen LogP contribution in [0, 0.1) is 5.92 Å². The van der Waals surface area contributed by atoms with Crippen molar-refractivity contribution in [3.63, 3.8) is 0 Å². The second-order valence-corrected chi connectivity index (χ2v) is 9.93. The molecule has 2 aromatic rings. The average Bonchev–Trinajstić information content (AvgIpc) is 3.58. The standard InChI is InChI=1S/C27H28F3N3O5/c28-27(29,30)38-18-12-8-16(9-13-18)25(36)33-21-6-2-1-4-19(21)24(20-5-3-7-22(20)33)32(17-10-11-17)26(37)31-15-14-23(34)35/h1-2,4,6,8-9,12-13,17,20,22,24H,3,5,7,10-11,14-15H2,(H,31,37)(H,34,35). The molecular weight excluding hydrogens is 503 g/mol. The molecule has 0 spiro atoms. The number of urea groups is 1. The molecule has 3 amide bonds. The number of carboxylic acids is 1. The van der Waals surface area contributed by atoms with Crippen LogP contribution in [0.4, 0.5) is 23.7 Å². The average molecular weight is 532 g/mol. The van der Waals surface area contributed by atoms with Crippen LogP contribution in [0.25, 0.3) is 0 Å². The SMILES string of the molecule is O=C(O)CCNC(=O)N(C1CC1)C1c2ccccc2N(C(=O)c2ccc(OC(F)(F)F)cc2)C2CCCC21. The lowest BCUT2D eigenvalue weighted by Gasteiger charge is -2.47. The zero-order valence-corrected chi connectivity index (χ0v) is 20.5. The van der Waals surface area contributed by atoms with Gasteiger partial charge in [0.25, 0.3) is 5.91 Å². The Morgan fingerprint density at radius 3 is 2.39 bits per heavy atom. The van der Waals surface area contributed by atoms with Crippen molar-refractivity contribution in [2.24, 2.45) is 5.92 Å². The minimum atomic E-state index is -4.82. The summed E-state index contributed by atoms with van der Waals surface area (Å²) < 4.78 is 41.7. The molecule has 2 saturated carbocycles. The third-order valence-electron chi connectivity index (χ3n) is 7.43. The second kappa shape index (κ2) is 10.2. The molecule has 2 aliphatic carbocycles. The fourth-order valence-corrected chi connectivity index (χ4v) is 5.82. The third kappa shape index (κ3) is 5.27. The Morgan fingerprint density at radius 2 is 1.74 bits per heavy atom. The molecule has 5 rings (SSSR count). The quantitative estimate of drug-likeness (QED) is 0.518. The van der Waals surface area contributed by atoms with Gasteiger partial charge in [-0.15, -0.1) is 13.2 Å². The van der Waals surface area contributed by atoms with Crippen molar-refractivity contribution in [2.75, 3.05) is 11.4 Å². The van der Waals surface area contributed by atoms with Crippen molar-refractivity contribution in [2.45, 2.75) is 63.0 Å². The van der Waals surface area contributed by atoms with Crippen LogP contribution in [0.5, 0.6) is 5.75 Å². The summed E-state index contributed by atoms with van der Waals surface area (Å²) in [5.41, 5.74) is 1.75. The molecule has 1 aliphatic heterocycles. The number of carbonyl (C=O) groups is 3. The van der Waals surface area contributed by atoms with Crippen LogP contribution < -0.4 is 15.0 Å². The number of carboxylic acid groups (broad SMARTS) is 1. The van der Waals surface area contributed by atoms with Crippen LogP contribution in [0.3, 0.4) is 0 Å². The van der Waals surface area contributed by atoms with Gasteiger partial charge in [-0.2, -0.15) is 0 Å². The topological polar surface area (TPSA) is 99.2 Å². The van der Waals surface area contributed by atoms with Gasteiger partial charge in [0.05, 0.1) is 12.5 Å². The van der Waals surface area contributed by atoms with Crippen molar-refractivity contribution < 1.29 is 37.4 Å². The molecule has 0 aromatic heterocycles. The minimum Gasteiger partial charge on any atom is -0.481 e. The number of anilines is 1. The third-order valence-corrected chi connectivity index (χ3v) is 7.43. The lowest BCUT2D eigenvalue weighted by molar-refractivity contribution is -0.274. The number of fused-ring (bicyclic) bond motifs is 2. The number of ether oxygens (including phenoxy) is 1. The Bertz CT molecular complexity index is 1220. The summed E-state index contributed by atoms with van der Waals surface area (Å²) in [5, 5.41) is 11.7. The van der Waals surface area contributed by atoms with Crippen LogP contribution >= 0.6 is 0 Å². The van der Waals surface area contributed by atoms with E-state index in [1.807, 2.05) is 29.2 Å². The fraction of sp³-hybridized carbons (Fsp3) is 0.444. The Morgan fingerprint density at radius 1 is 1.03 bits per heavy atom. The van der Waals surface area contributed by atoms with Gasteiger partial charge >= 0.3 is 18.4 Å². The maximum Gasteiger partial charge on any atom is 0.573 e. The van der Waals surface area contributed by atoms with E-state index < -0.39 is 18.1 Å². The van der Waals surface area contributed by atoms with Gasteiger partial charge in [-0.1, -0.05) is 24.6 Å². The molecule has 0 saturated heterocycles. The first-order valence-electron chi connectivity index (χ1n) is 12.7. The molecule has 8 nitrogen and oxygen atoms in total. The van der Waals surface area contributed by atoms with Crippen LogP contribution in [-0.4, -0.2) is 52.9 Å². The van der Waals surface area contributed by atoms with Gasteiger partial charge in [0.15, 0.2) is 0 Å². The predicted octanol–water partition coefficient (Wildman–Crippen LogP) is 5.10. The molecule has 11 heteroatoms. The summed E-state index contributed by atoms with van der Waals surface area (Å²) in [5.74, 6) is -1.75. The number of rotatable bonds is 7. The highest BCUT2D eigenvalue weighted by atomic mass is 19.4. The maximum absolute atomic E-state index is 13.8. The Hall–Kier alpha value is -3.76. The van der Waals surface area contributed by atoms with Gasteiger partial charge < -0.3 is 25.0 Å². The highest BCUT2D eigenvalue weighted by Gasteiger charge is 2.51. The number of para-hydroxylation sites is 1. The van der Waals surface area contributed by atoms with Crippen molar-refractivity contribution in [3.8, 4) is 5.75 Å². The van der Waals surface area contributed by atoms with E-state index in [0.717, 1.165) is 49.8 Å². The molecule has 3 unspecified atom stereocenters. The van der Waals surface area contributed by atoms with Crippen LogP contribution in [0.15, 0.2) is 48.5 Å². The van der Waals surface area contributed by atoms with Gasteiger partial charge in [-0.3, -0.25) is 9.59 Å². The molecule has 38 heavy (non-hydrogen) atoms. The first-order chi connectivity index (χ1) is 18.1. The van der Waals surface area contributed by atoms with E-state index in [-0.39, 0.29) is 54.5 Å². The first-order valence-corrected chi connectivity index (χ1v) is 12.7. The van der Waals surface area contributed by atoms with Crippen LogP contribution in [0.1, 0.15) is 60.5 Å². The van der Waals surface area contributed by atoms with E-state index >= 15 is 0 Å². The van der Waals surface area contributed by atoms with Gasteiger partial charge in [0.1, 0.15) is 5.75 Å². The molecular formula is C27H28F3N3O5. The van der Waals surface area contributed by atoms with Crippen molar-refractivity contribution in [1.82, 2.24) is 10.2 Å². The van der Waals surface area contributed by atoms with Crippen molar-refractivity contribution in [3.05, 3.63) is 59.7 Å². The summed E-state index contributed by atoms with van der Waals surface area (Å²) >= 11 is 0.